The summed E-state index contributed by atoms with van der Waals surface area (Å²) in [6.45, 7) is 0. The van der Waals surface area contributed by atoms with E-state index in [1.807, 2.05) is 0 Å². The summed E-state index contributed by atoms with van der Waals surface area (Å²) in [6, 6.07) is 8.81. The molecule has 2 aromatic rings. The third-order valence-electron chi connectivity index (χ3n) is 2.84. The highest BCUT2D eigenvalue weighted by molar-refractivity contribution is 5.87. The first kappa shape index (κ1) is 16.6. The van der Waals surface area contributed by atoms with Gasteiger partial charge >= 0.3 is 0 Å². The number of phenols is 4. The van der Waals surface area contributed by atoms with Gasteiger partial charge < -0.3 is 26.2 Å². The number of nitrogens with zero attached hydrogens (tertiary/aromatic N) is 3. The van der Waals surface area contributed by atoms with Crippen LogP contribution in [0.3, 0.4) is 0 Å². The molecule has 0 unspecified atom stereocenters. The maximum Gasteiger partial charge on any atom is 0.234 e. The predicted molar refractivity (Wildman–Crippen MR) is 89.5 cm³/mol. The zero-order chi connectivity index (χ0) is 17.5. The van der Waals surface area contributed by atoms with Crippen LogP contribution in [0.4, 0.5) is 0 Å². The van der Waals surface area contributed by atoms with Gasteiger partial charge in [0, 0.05) is 11.1 Å². The number of hydrogen-bond donors (Lipinski definition) is 6. The minimum absolute atomic E-state index is 0.151. The average Bonchev–Trinajstić information content (AvgIpc) is 2.55. The van der Waals surface area contributed by atoms with Crippen LogP contribution in [0.1, 0.15) is 11.1 Å². The Labute approximate surface area is 136 Å². The number of aromatic hydroxyl groups is 4. The Morgan fingerprint density at radius 3 is 2.00 bits per heavy atom. The average molecular weight is 329 g/mol. The molecule has 0 aromatic heterocycles. The van der Waals surface area contributed by atoms with Gasteiger partial charge in [0.2, 0.25) is 5.96 Å². The summed E-state index contributed by atoms with van der Waals surface area (Å²) in [6.07, 6.45) is 2.44. The van der Waals surface area contributed by atoms with Crippen molar-refractivity contribution >= 4 is 18.4 Å². The molecule has 0 spiro atoms. The van der Waals surface area contributed by atoms with Gasteiger partial charge in [0.05, 0.1) is 12.4 Å². The van der Waals surface area contributed by atoms with E-state index in [4.69, 9.17) is 5.73 Å². The Balaban J connectivity index is 1.99. The van der Waals surface area contributed by atoms with Gasteiger partial charge in [-0.1, -0.05) is 12.1 Å². The number of hydrogen-bond acceptors (Lipinski definition) is 7. The van der Waals surface area contributed by atoms with Gasteiger partial charge in [-0.25, -0.2) is 5.43 Å². The summed E-state index contributed by atoms with van der Waals surface area (Å²) in [5.41, 5.74) is 8.44. The fourth-order valence-corrected chi connectivity index (χ4v) is 1.65. The molecule has 2 rings (SSSR count). The molecule has 0 saturated carbocycles. The molecule has 9 nitrogen and oxygen atoms in total. The number of nitrogens with two attached hydrogens (primary N) is 1. The van der Waals surface area contributed by atoms with Gasteiger partial charge in [-0.05, 0) is 24.3 Å². The van der Waals surface area contributed by atoms with Gasteiger partial charge in [0.15, 0.2) is 23.0 Å². The second-order valence-corrected chi connectivity index (χ2v) is 4.53. The Morgan fingerprint density at radius 2 is 1.42 bits per heavy atom. The molecule has 0 heterocycles. The molecule has 0 aliphatic rings. The normalized spacial score (nSPS) is 12.1. The maximum atomic E-state index is 9.58. The fraction of sp³-hybridized carbons (Fsp3) is 0. The molecule has 7 N–H and O–H groups in total. The van der Waals surface area contributed by atoms with Gasteiger partial charge in [-0.2, -0.15) is 10.2 Å². The molecule has 0 amide bonds. The van der Waals surface area contributed by atoms with Crippen molar-refractivity contribution in [2.24, 2.45) is 21.0 Å². The van der Waals surface area contributed by atoms with Crippen LogP contribution in [0.5, 0.6) is 23.0 Å². The van der Waals surface area contributed by atoms with Crippen molar-refractivity contribution in [2.75, 3.05) is 0 Å². The molecule has 0 bridgehead atoms. The van der Waals surface area contributed by atoms with Crippen LogP contribution in [-0.4, -0.2) is 38.8 Å². The van der Waals surface area contributed by atoms with Crippen molar-refractivity contribution in [1.29, 1.82) is 0 Å². The van der Waals surface area contributed by atoms with E-state index in [1.54, 1.807) is 6.07 Å². The van der Waals surface area contributed by atoms with E-state index in [0.29, 0.717) is 0 Å². The van der Waals surface area contributed by atoms with Crippen LogP contribution >= 0.6 is 0 Å². The SMILES string of the molecule is N/C(=N\N=C\c1cccc(O)c1O)N/N=C/c1cccc(O)c1O. The molecule has 0 atom stereocenters. The second kappa shape index (κ2) is 7.49. The molecule has 0 aliphatic heterocycles. The lowest BCUT2D eigenvalue weighted by Gasteiger charge is -2.01. The Kier molecular flexibility index (Phi) is 5.19. The number of rotatable bonds is 4. The van der Waals surface area contributed by atoms with Crippen LogP contribution in [0, 0.1) is 0 Å². The number of hydrazone groups is 1. The Hall–Kier alpha value is -3.75. The molecular formula is C15H15N5O4. The summed E-state index contributed by atoms with van der Waals surface area (Å²) < 4.78 is 0. The standard InChI is InChI=1S/C15H15N5O4/c16-15(19-17-7-9-3-1-5-11(21)13(9)23)20-18-8-10-4-2-6-12(22)14(10)24/h1-8,21-24H,(H3,16,19,20)/b17-7+,18-8+. The van der Waals surface area contributed by atoms with Crippen LogP contribution in [0.15, 0.2) is 51.7 Å². The quantitative estimate of drug-likeness (QED) is 0.211. The summed E-state index contributed by atoms with van der Waals surface area (Å²) in [5.74, 6) is -1.32. The second-order valence-electron chi connectivity index (χ2n) is 4.53. The number of guanidine groups is 1. The molecule has 0 radical (unpaired) electrons. The molecule has 124 valence electrons. The van der Waals surface area contributed by atoms with Gasteiger partial charge in [0.25, 0.3) is 0 Å². The lowest BCUT2D eigenvalue weighted by Crippen LogP contribution is -2.26. The van der Waals surface area contributed by atoms with Crippen molar-refractivity contribution in [3.63, 3.8) is 0 Å². The number of benzene rings is 2. The molecule has 0 saturated heterocycles. The van der Waals surface area contributed by atoms with E-state index in [-0.39, 0.29) is 40.1 Å². The van der Waals surface area contributed by atoms with Gasteiger partial charge in [-0.15, -0.1) is 5.10 Å². The number of para-hydroxylation sites is 2. The lowest BCUT2D eigenvalue weighted by molar-refractivity contribution is 0.403. The summed E-state index contributed by atoms with van der Waals surface area (Å²) in [4.78, 5) is 0. The summed E-state index contributed by atoms with van der Waals surface area (Å²) >= 11 is 0. The largest absolute Gasteiger partial charge is 0.504 e. The highest BCUT2D eigenvalue weighted by atomic mass is 16.3. The maximum absolute atomic E-state index is 9.58. The van der Waals surface area contributed by atoms with Gasteiger partial charge in [-0.3, -0.25) is 0 Å². The Bertz CT molecular complexity index is 818. The first-order valence-corrected chi connectivity index (χ1v) is 6.66. The van der Waals surface area contributed by atoms with Crippen LogP contribution in [0.2, 0.25) is 0 Å². The zero-order valence-electron chi connectivity index (χ0n) is 12.3. The minimum atomic E-state index is -0.319. The molecule has 24 heavy (non-hydrogen) atoms. The van der Waals surface area contributed by atoms with Crippen LogP contribution in [0.25, 0.3) is 0 Å². The minimum Gasteiger partial charge on any atom is -0.504 e. The molecule has 2 aromatic carbocycles. The smallest absolute Gasteiger partial charge is 0.234 e. The third kappa shape index (κ3) is 4.13. The van der Waals surface area contributed by atoms with Crippen LogP contribution < -0.4 is 11.2 Å². The topological polar surface area (TPSA) is 156 Å². The van der Waals surface area contributed by atoms with Crippen molar-refractivity contribution in [3.05, 3.63) is 47.5 Å². The van der Waals surface area contributed by atoms with E-state index < -0.39 is 0 Å². The van der Waals surface area contributed by atoms with E-state index in [0.717, 1.165) is 0 Å². The Morgan fingerprint density at radius 1 is 0.875 bits per heavy atom. The lowest BCUT2D eigenvalue weighted by atomic mass is 10.2. The fourth-order valence-electron chi connectivity index (χ4n) is 1.65. The summed E-state index contributed by atoms with van der Waals surface area (Å²) in [5, 5.41) is 48.8. The van der Waals surface area contributed by atoms with Crippen molar-refractivity contribution in [2.45, 2.75) is 0 Å². The highest BCUT2D eigenvalue weighted by Crippen LogP contribution is 2.27. The third-order valence-corrected chi connectivity index (χ3v) is 2.84. The molecule has 0 fully saturated rings. The summed E-state index contributed by atoms with van der Waals surface area (Å²) in [7, 11) is 0. The number of nitrogens with one attached hydrogen (secondary N) is 1. The first-order chi connectivity index (χ1) is 11.5. The van der Waals surface area contributed by atoms with Crippen molar-refractivity contribution in [3.8, 4) is 23.0 Å². The molecule has 9 heteroatoms. The van der Waals surface area contributed by atoms with E-state index in [1.165, 1.54) is 42.8 Å². The van der Waals surface area contributed by atoms with E-state index in [9.17, 15) is 20.4 Å². The number of phenolic OH excluding ortho intramolecular Hbond substituents is 4. The van der Waals surface area contributed by atoms with Crippen molar-refractivity contribution < 1.29 is 20.4 Å². The predicted octanol–water partition coefficient (Wildman–Crippen LogP) is 0.781. The van der Waals surface area contributed by atoms with E-state index >= 15 is 0 Å². The zero-order valence-corrected chi connectivity index (χ0v) is 12.3. The van der Waals surface area contributed by atoms with E-state index in [2.05, 4.69) is 20.7 Å². The molecule has 0 aliphatic carbocycles. The van der Waals surface area contributed by atoms with Gasteiger partial charge in [0.1, 0.15) is 0 Å². The van der Waals surface area contributed by atoms with Crippen molar-refractivity contribution in [1.82, 2.24) is 5.43 Å². The first-order valence-electron chi connectivity index (χ1n) is 6.66. The van der Waals surface area contributed by atoms with Crippen LogP contribution in [-0.2, 0) is 0 Å². The highest BCUT2D eigenvalue weighted by Gasteiger charge is 2.03. The monoisotopic (exact) mass is 329 g/mol. The molecular weight excluding hydrogens is 314 g/mol.